The van der Waals surface area contributed by atoms with Crippen LogP contribution in [0, 0.1) is 0 Å². The highest BCUT2D eigenvalue weighted by atomic mass is 35.5. The Morgan fingerprint density at radius 3 is 2.31 bits per heavy atom. The third-order valence-corrected chi connectivity index (χ3v) is 4.39. The van der Waals surface area contributed by atoms with Crippen molar-refractivity contribution in [3.8, 4) is 28.3 Å². The molecule has 7 heteroatoms. The fourth-order valence-corrected chi connectivity index (χ4v) is 2.89. The first-order valence-electron chi connectivity index (χ1n) is 7.72. The van der Waals surface area contributed by atoms with Gasteiger partial charge in [-0.2, -0.15) is 0 Å². The van der Waals surface area contributed by atoms with Crippen molar-refractivity contribution in [3.05, 3.63) is 58.6 Å². The summed E-state index contributed by atoms with van der Waals surface area (Å²) >= 11 is 12.4. The second kappa shape index (κ2) is 7.02. The average molecular weight is 392 g/mol. The summed E-state index contributed by atoms with van der Waals surface area (Å²) in [5.74, 6) is -0.0758. The first kappa shape index (κ1) is 18.3. The van der Waals surface area contributed by atoms with Gasteiger partial charge in [-0.15, -0.1) is 0 Å². The van der Waals surface area contributed by atoms with Gasteiger partial charge in [0.15, 0.2) is 11.4 Å². The molecule has 1 aromatic heterocycles. The SMILES string of the molecule is CC(C)(Oc1ccc(-c2cc(-c3c(Cl)cccc3Cl)no2)cc1)C(=O)O. The highest BCUT2D eigenvalue weighted by Gasteiger charge is 2.29. The Morgan fingerprint density at radius 1 is 1.12 bits per heavy atom. The highest BCUT2D eigenvalue weighted by molar-refractivity contribution is 6.39. The first-order chi connectivity index (χ1) is 12.3. The summed E-state index contributed by atoms with van der Waals surface area (Å²) in [6.07, 6.45) is 0. The molecule has 26 heavy (non-hydrogen) atoms. The molecule has 0 atom stereocenters. The zero-order chi connectivity index (χ0) is 18.9. The van der Waals surface area contributed by atoms with E-state index in [1.165, 1.54) is 13.8 Å². The second-order valence-electron chi connectivity index (χ2n) is 6.11. The summed E-state index contributed by atoms with van der Waals surface area (Å²) in [5, 5.41) is 14.1. The van der Waals surface area contributed by atoms with E-state index in [9.17, 15) is 4.79 Å². The van der Waals surface area contributed by atoms with Gasteiger partial charge >= 0.3 is 5.97 Å². The van der Waals surface area contributed by atoms with Crippen LogP contribution in [0.15, 0.2) is 53.1 Å². The predicted octanol–water partition coefficient (Wildman–Crippen LogP) is 5.56. The summed E-state index contributed by atoms with van der Waals surface area (Å²) in [5.41, 5.74) is 0.575. The minimum atomic E-state index is -1.32. The molecule has 0 fully saturated rings. The molecule has 134 valence electrons. The molecule has 0 amide bonds. The third kappa shape index (κ3) is 3.69. The molecule has 0 saturated heterocycles. The van der Waals surface area contributed by atoms with Crippen LogP contribution < -0.4 is 4.74 Å². The van der Waals surface area contributed by atoms with E-state index >= 15 is 0 Å². The molecule has 0 spiro atoms. The van der Waals surface area contributed by atoms with Crippen LogP contribution in [-0.4, -0.2) is 21.8 Å². The van der Waals surface area contributed by atoms with Gasteiger partial charge in [0.25, 0.3) is 0 Å². The van der Waals surface area contributed by atoms with Gasteiger partial charge in [-0.25, -0.2) is 4.79 Å². The summed E-state index contributed by atoms with van der Waals surface area (Å²) < 4.78 is 10.9. The molecular weight excluding hydrogens is 377 g/mol. The minimum absolute atomic E-state index is 0.440. The summed E-state index contributed by atoms with van der Waals surface area (Å²) in [4.78, 5) is 11.1. The Labute approximate surface area is 160 Å². The van der Waals surface area contributed by atoms with Crippen molar-refractivity contribution in [2.45, 2.75) is 19.4 Å². The van der Waals surface area contributed by atoms with Crippen LogP contribution in [0.25, 0.3) is 22.6 Å². The molecule has 2 aromatic carbocycles. The molecule has 0 radical (unpaired) electrons. The lowest BCUT2D eigenvalue weighted by atomic mass is 10.1. The lowest BCUT2D eigenvalue weighted by Gasteiger charge is -2.21. The van der Waals surface area contributed by atoms with E-state index in [1.807, 2.05) is 0 Å². The Bertz CT molecular complexity index is 928. The maximum absolute atomic E-state index is 11.1. The fraction of sp³-hybridized carbons (Fsp3) is 0.158. The van der Waals surface area contributed by atoms with Crippen LogP contribution in [0.1, 0.15) is 13.8 Å². The van der Waals surface area contributed by atoms with Crippen molar-refractivity contribution in [1.29, 1.82) is 0 Å². The van der Waals surface area contributed by atoms with Gasteiger partial charge in [0.2, 0.25) is 0 Å². The number of halogens is 2. The molecule has 0 saturated carbocycles. The molecule has 0 aliphatic rings. The lowest BCUT2D eigenvalue weighted by Crippen LogP contribution is -2.37. The van der Waals surface area contributed by atoms with Crippen LogP contribution in [-0.2, 0) is 4.79 Å². The van der Waals surface area contributed by atoms with Crippen LogP contribution in [0.5, 0.6) is 5.75 Å². The van der Waals surface area contributed by atoms with E-state index in [4.69, 9.17) is 37.6 Å². The van der Waals surface area contributed by atoms with Gasteiger partial charge in [-0.1, -0.05) is 34.4 Å². The van der Waals surface area contributed by atoms with Gasteiger partial charge in [-0.05, 0) is 50.2 Å². The maximum atomic E-state index is 11.1. The molecule has 1 heterocycles. The third-order valence-electron chi connectivity index (χ3n) is 3.76. The first-order valence-corrected chi connectivity index (χ1v) is 8.47. The van der Waals surface area contributed by atoms with Crippen molar-refractivity contribution in [2.75, 3.05) is 0 Å². The summed E-state index contributed by atoms with van der Waals surface area (Å²) in [6, 6.07) is 13.8. The number of carboxylic acids is 1. The zero-order valence-electron chi connectivity index (χ0n) is 14.0. The molecule has 5 nitrogen and oxygen atoms in total. The molecule has 3 aromatic rings. The van der Waals surface area contributed by atoms with Gasteiger partial charge in [0.1, 0.15) is 11.4 Å². The minimum Gasteiger partial charge on any atom is -0.478 e. The molecule has 3 rings (SSSR count). The number of nitrogens with zero attached hydrogens (tertiary/aromatic N) is 1. The van der Waals surface area contributed by atoms with Crippen molar-refractivity contribution >= 4 is 29.2 Å². The Hall–Kier alpha value is -2.50. The fourth-order valence-electron chi connectivity index (χ4n) is 2.30. The van der Waals surface area contributed by atoms with Crippen molar-refractivity contribution in [3.63, 3.8) is 0 Å². The molecule has 0 unspecified atom stereocenters. The number of ether oxygens (including phenoxy) is 1. The summed E-state index contributed by atoms with van der Waals surface area (Å²) in [6.45, 7) is 2.97. The maximum Gasteiger partial charge on any atom is 0.347 e. The van der Waals surface area contributed by atoms with E-state index in [2.05, 4.69) is 5.16 Å². The number of benzene rings is 2. The number of hydrogen-bond donors (Lipinski definition) is 1. The lowest BCUT2D eigenvalue weighted by molar-refractivity contribution is -0.152. The van der Waals surface area contributed by atoms with Crippen molar-refractivity contribution in [2.24, 2.45) is 0 Å². The van der Waals surface area contributed by atoms with Gasteiger partial charge < -0.3 is 14.4 Å². The van der Waals surface area contributed by atoms with Crippen molar-refractivity contribution < 1.29 is 19.2 Å². The number of carboxylic acid groups (broad SMARTS) is 1. The van der Waals surface area contributed by atoms with Gasteiger partial charge in [0.05, 0.1) is 10.0 Å². The number of rotatable bonds is 5. The number of aliphatic carboxylic acids is 1. The monoisotopic (exact) mass is 391 g/mol. The highest BCUT2D eigenvalue weighted by Crippen LogP contribution is 2.36. The van der Waals surface area contributed by atoms with Crippen LogP contribution >= 0.6 is 23.2 Å². The van der Waals surface area contributed by atoms with Crippen molar-refractivity contribution in [1.82, 2.24) is 5.16 Å². The second-order valence-corrected chi connectivity index (χ2v) is 6.93. The molecular formula is C19H15Cl2NO4. The number of aromatic nitrogens is 1. The Morgan fingerprint density at radius 2 is 1.73 bits per heavy atom. The largest absolute Gasteiger partial charge is 0.478 e. The smallest absolute Gasteiger partial charge is 0.347 e. The van der Waals surface area contributed by atoms with E-state index in [0.29, 0.717) is 32.8 Å². The van der Waals surface area contributed by atoms with E-state index in [0.717, 1.165) is 5.56 Å². The average Bonchev–Trinajstić information content (AvgIpc) is 3.04. The van der Waals surface area contributed by atoms with Crippen LogP contribution in [0.2, 0.25) is 10.0 Å². The topological polar surface area (TPSA) is 72.6 Å². The normalized spacial score (nSPS) is 11.4. The molecule has 0 bridgehead atoms. The van der Waals surface area contributed by atoms with Gasteiger partial charge in [-0.3, -0.25) is 0 Å². The number of carbonyl (C=O) groups is 1. The van der Waals surface area contributed by atoms with E-state index in [-0.39, 0.29) is 0 Å². The Kier molecular flexibility index (Phi) is 4.94. The molecule has 1 N–H and O–H groups in total. The Balaban J connectivity index is 1.85. The van der Waals surface area contributed by atoms with Crippen LogP contribution in [0.4, 0.5) is 0 Å². The number of hydrogen-bond acceptors (Lipinski definition) is 4. The molecule has 0 aliphatic heterocycles. The van der Waals surface area contributed by atoms with E-state index < -0.39 is 11.6 Å². The van der Waals surface area contributed by atoms with Crippen LogP contribution in [0.3, 0.4) is 0 Å². The van der Waals surface area contributed by atoms with E-state index in [1.54, 1.807) is 48.5 Å². The molecule has 0 aliphatic carbocycles. The standard InChI is InChI=1S/C19H15Cl2NO4/c1-19(2,18(23)24)25-12-8-6-11(7-9-12)16-10-15(22-26-16)17-13(20)4-3-5-14(17)21/h3-10H,1-2H3,(H,23,24). The quantitative estimate of drug-likeness (QED) is 0.616. The zero-order valence-corrected chi connectivity index (χ0v) is 15.5. The van der Waals surface area contributed by atoms with Gasteiger partial charge in [0, 0.05) is 17.2 Å². The predicted molar refractivity (Wildman–Crippen MR) is 99.7 cm³/mol. The summed E-state index contributed by atoms with van der Waals surface area (Å²) in [7, 11) is 0.